The van der Waals surface area contributed by atoms with Crippen molar-refractivity contribution in [2.24, 2.45) is 16.9 Å². The van der Waals surface area contributed by atoms with Crippen LogP contribution in [0.2, 0.25) is 0 Å². The Labute approximate surface area is 127 Å². The van der Waals surface area contributed by atoms with Crippen molar-refractivity contribution in [3.8, 4) is 0 Å². The predicted molar refractivity (Wildman–Crippen MR) is 82.7 cm³/mol. The van der Waals surface area contributed by atoms with Crippen LogP contribution >= 0.6 is 15.9 Å². The van der Waals surface area contributed by atoms with Gasteiger partial charge in [0.25, 0.3) is 5.91 Å². The summed E-state index contributed by atoms with van der Waals surface area (Å²) in [5.74, 6) is 1.53. The number of hydrogen-bond donors (Lipinski definition) is 2. The zero-order chi connectivity index (χ0) is 13.9. The molecule has 2 aliphatic carbocycles. The Balaban J connectivity index is 1.58. The summed E-state index contributed by atoms with van der Waals surface area (Å²) in [7, 11) is 0. The molecule has 2 fully saturated rings. The van der Waals surface area contributed by atoms with Gasteiger partial charge >= 0.3 is 0 Å². The van der Waals surface area contributed by atoms with E-state index in [9.17, 15) is 4.79 Å². The molecule has 0 aromatic carbocycles. The minimum Gasteiger partial charge on any atom is -0.356 e. The largest absolute Gasteiger partial charge is 0.356 e. The van der Waals surface area contributed by atoms with E-state index in [4.69, 9.17) is 0 Å². The molecule has 2 atom stereocenters. The van der Waals surface area contributed by atoms with Crippen LogP contribution in [0, 0.1) is 11.8 Å². The lowest BCUT2D eigenvalue weighted by Crippen LogP contribution is -2.29. The summed E-state index contributed by atoms with van der Waals surface area (Å²) in [5, 5.41) is 4.34. The molecule has 0 unspecified atom stereocenters. The maximum Gasteiger partial charge on any atom is 0.287 e. The lowest BCUT2D eigenvalue weighted by atomic mass is 9.70. The second-order valence-corrected chi connectivity index (χ2v) is 6.81. The number of nitrogens with zero attached hydrogens (tertiary/aromatic N) is 1. The van der Waals surface area contributed by atoms with Crippen molar-refractivity contribution in [2.45, 2.75) is 44.9 Å². The SMILES string of the molecule is O=C(N/N=C1/CC[C@@H]2CCCC[C@H]2C1)c1cc(Br)c[nH]1. The predicted octanol–water partition coefficient (Wildman–Crippen LogP) is 3.85. The van der Waals surface area contributed by atoms with E-state index in [1.165, 1.54) is 32.1 Å². The van der Waals surface area contributed by atoms with Gasteiger partial charge in [-0.15, -0.1) is 0 Å². The third kappa shape index (κ3) is 3.14. The zero-order valence-corrected chi connectivity index (χ0v) is 13.1. The van der Waals surface area contributed by atoms with Gasteiger partial charge in [0.05, 0.1) is 0 Å². The third-order valence-corrected chi connectivity index (χ3v) is 5.03. The first-order valence-electron chi connectivity index (χ1n) is 7.42. The highest BCUT2D eigenvalue weighted by atomic mass is 79.9. The number of H-pyrrole nitrogens is 1. The summed E-state index contributed by atoms with van der Waals surface area (Å²) in [5.41, 5.74) is 4.37. The van der Waals surface area contributed by atoms with E-state index in [-0.39, 0.29) is 5.91 Å². The molecule has 20 heavy (non-hydrogen) atoms. The summed E-state index contributed by atoms with van der Waals surface area (Å²) in [6.07, 6.45) is 10.6. The van der Waals surface area contributed by atoms with Gasteiger partial charge in [-0.25, -0.2) is 5.43 Å². The number of hydrogen-bond acceptors (Lipinski definition) is 2. The average molecular weight is 338 g/mol. The van der Waals surface area contributed by atoms with Gasteiger partial charge in [-0.05, 0) is 59.5 Å². The fourth-order valence-electron chi connectivity index (χ4n) is 3.48. The minimum atomic E-state index is -0.172. The molecule has 0 bridgehead atoms. The molecule has 1 heterocycles. The Morgan fingerprint density at radius 3 is 2.85 bits per heavy atom. The summed E-state index contributed by atoms with van der Waals surface area (Å²) in [6, 6.07) is 1.76. The Morgan fingerprint density at radius 1 is 1.30 bits per heavy atom. The molecule has 0 saturated heterocycles. The number of amides is 1. The molecular weight excluding hydrogens is 318 g/mol. The number of aromatic amines is 1. The number of fused-ring (bicyclic) bond motifs is 1. The monoisotopic (exact) mass is 337 g/mol. The van der Waals surface area contributed by atoms with Crippen LogP contribution < -0.4 is 5.43 Å². The third-order valence-electron chi connectivity index (χ3n) is 4.58. The highest BCUT2D eigenvalue weighted by Crippen LogP contribution is 2.39. The first-order valence-corrected chi connectivity index (χ1v) is 8.21. The van der Waals surface area contributed by atoms with Crippen LogP contribution in [0.4, 0.5) is 0 Å². The quantitative estimate of drug-likeness (QED) is 0.791. The van der Waals surface area contributed by atoms with Gasteiger partial charge in [-0.1, -0.05) is 19.3 Å². The van der Waals surface area contributed by atoms with E-state index in [0.717, 1.165) is 34.9 Å². The summed E-state index contributed by atoms with van der Waals surface area (Å²) in [4.78, 5) is 14.8. The first kappa shape index (κ1) is 13.9. The van der Waals surface area contributed by atoms with Crippen LogP contribution in [0.3, 0.4) is 0 Å². The highest BCUT2D eigenvalue weighted by Gasteiger charge is 2.30. The molecule has 0 aliphatic heterocycles. The van der Waals surface area contributed by atoms with E-state index < -0.39 is 0 Å². The van der Waals surface area contributed by atoms with Crippen molar-refractivity contribution in [1.29, 1.82) is 0 Å². The first-order chi connectivity index (χ1) is 9.72. The maximum absolute atomic E-state index is 11.9. The van der Waals surface area contributed by atoms with Crippen molar-refractivity contribution < 1.29 is 4.79 Å². The van der Waals surface area contributed by atoms with Gasteiger partial charge in [0.1, 0.15) is 5.69 Å². The highest BCUT2D eigenvalue weighted by molar-refractivity contribution is 9.10. The summed E-state index contributed by atoms with van der Waals surface area (Å²) in [6.45, 7) is 0. The van der Waals surface area contributed by atoms with E-state index in [0.29, 0.717) is 5.69 Å². The van der Waals surface area contributed by atoms with Crippen LogP contribution in [0.25, 0.3) is 0 Å². The molecule has 0 radical (unpaired) electrons. The van der Waals surface area contributed by atoms with Crippen molar-refractivity contribution in [3.05, 3.63) is 22.4 Å². The smallest absolute Gasteiger partial charge is 0.287 e. The molecule has 1 aromatic heterocycles. The molecule has 1 amide bonds. The number of halogens is 1. The second-order valence-electron chi connectivity index (χ2n) is 5.90. The van der Waals surface area contributed by atoms with Crippen molar-refractivity contribution in [3.63, 3.8) is 0 Å². The van der Waals surface area contributed by atoms with Crippen LogP contribution in [0.1, 0.15) is 55.4 Å². The molecule has 108 valence electrons. The minimum absolute atomic E-state index is 0.172. The zero-order valence-electron chi connectivity index (χ0n) is 11.5. The van der Waals surface area contributed by atoms with Gasteiger partial charge in [0.15, 0.2) is 0 Å². The molecule has 3 rings (SSSR count). The topological polar surface area (TPSA) is 57.2 Å². The van der Waals surface area contributed by atoms with Crippen LogP contribution in [0.5, 0.6) is 0 Å². The normalized spacial score (nSPS) is 28.1. The number of hydrazone groups is 1. The number of nitrogens with one attached hydrogen (secondary N) is 2. The van der Waals surface area contributed by atoms with E-state index >= 15 is 0 Å². The van der Waals surface area contributed by atoms with Crippen molar-refractivity contribution in [2.75, 3.05) is 0 Å². The standard InChI is InChI=1S/C15H20BrN3O/c16-12-8-14(17-9-12)15(20)19-18-13-6-5-10-3-1-2-4-11(10)7-13/h8-11,17H,1-7H2,(H,19,20)/b18-13-/t10-,11-/m0/s1. The fraction of sp³-hybridized carbons (Fsp3) is 0.600. The fourth-order valence-corrected chi connectivity index (χ4v) is 3.82. The van der Waals surface area contributed by atoms with Crippen LogP contribution in [0.15, 0.2) is 21.8 Å². The van der Waals surface area contributed by atoms with Crippen molar-refractivity contribution >= 4 is 27.5 Å². The van der Waals surface area contributed by atoms with E-state index in [1.807, 2.05) is 0 Å². The van der Waals surface area contributed by atoms with Crippen LogP contribution in [-0.4, -0.2) is 16.6 Å². The van der Waals surface area contributed by atoms with E-state index in [2.05, 4.69) is 31.4 Å². The molecular formula is C15H20BrN3O. The maximum atomic E-state index is 11.9. The Morgan fingerprint density at radius 2 is 2.10 bits per heavy atom. The molecule has 2 N–H and O–H groups in total. The van der Waals surface area contributed by atoms with Gasteiger partial charge < -0.3 is 4.98 Å². The molecule has 2 saturated carbocycles. The summed E-state index contributed by atoms with van der Waals surface area (Å²) < 4.78 is 0.873. The molecule has 4 nitrogen and oxygen atoms in total. The number of rotatable bonds is 2. The second kappa shape index (κ2) is 6.12. The summed E-state index contributed by atoms with van der Waals surface area (Å²) >= 11 is 3.32. The van der Waals surface area contributed by atoms with Gasteiger partial charge in [-0.3, -0.25) is 4.79 Å². The van der Waals surface area contributed by atoms with Crippen molar-refractivity contribution in [1.82, 2.24) is 10.4 Å². The lowest BCUT2D eigenvalue weighted by Gasteiger charge is -2.35. The van der Waals surface area contributed by atoms with Crippen LogP contribution in [-0.2, 0) is 0 Å². The Kier molecular flexibility index (Phi) is 4.24. The molecule has 1 aromatic rings. The Bertz CT molecular complexity index is 523. The molecule has 2 aliphatic rings. The Hall–Kier alpha value is -1.10. The number of aromatic nitrogens is 1. The van der Waals surface area contributed by atoms with E-state index in [1.54, 1.807) is 12.3 Å². The molecule has 0 spiro atoms. The average Bonchev–Trinajstić information content (AvgIpc) is 2.91. The lowest BCUT2D eigenvalue weighted by molar-refractivity contribution is 0.0949. The van der Waals surface area contributed by atoms with Gasteiger partial charge in [-0.2, -0.15) is 5.10 Å². The molecule has 5 heteroatoms. The number of carbonyl (C=O) groups is 1. The van der Waals surface area contributed by atoms with Gasteiger partial charge in [0.2, 0.25) is 0 Å². The van der Waals surface area contributed by atoms with Gasteiger partial charge in [0, 0.05) is 16.4 Å². The number of carbonyl (C=O) groups excluding carboxylic acids is 1.